The van der Waals surface area contributed by atoms with Crippen molar-refractivity contribution in [3.05, 3.63) is 6.33 Å². The van der Waals surface area contributed by atoms with Gasteiger partial charge in [0.25, 0.3) is 0 Å². The Labute approximate surface area is 92.4 Å². The highest BCUT2D eigenvalue weighted by Crippen LogP contribution is 2.16. The molecular formula is C9H14N6O. The Hall–Kier alpha value is -1.89. The third-order valence-corrected chi connectivity index (χ3v) is 2.05. The van der Waals surface area contributed by atoms with Crippen molar-refractivity contribution in [2.24, 2.45) is 0 Å². The fraction of sp³-hybridized carbons (Fsp3) is 0.444. The van der Waals surface area contributed by atoms with E-state index in [2.05, 4.69) is 25.3 Å². The summed E-state index contributed by atoms with van der Waals surface area (Å²) < 4.78 is 5.22. The van der Waals surface area contributed by atoms with Crippen molar-refractivity contribution >= 4 is 22.9 Å². The van der Waals surface area contributed by atoms with Gasteiger partial charge in [-0.15, -0.1) is 0 Å². The van der Waals surface area contributed by atoms with Crippen molar-refractivity contribution in [1.29, 1.82) is 0 Å². The molecule has 0 amide bonds. The number of aromatic nitrogens is 4. The SMILES string of the molecule is CCOCCNc1nc(N)nc2nc[nH]c12. The monoisotopic (exact) mass is 222 g/mol. The number of hydrogen-bond acceptors (Lipinski definition) is 6. The van der Waals surface area contributed by atoms with E-state index in [0.717, 1.165) is 5.52 Å². The zero-order valence-electron chi connectivity index (χ0n) is 9.03. The molecule has 0 saturated carbocycles. The summed E-state index contributed by atoms with van der Waals surface area (Å²) in [4.78, 5) is 15.1. The fourth-order valence-electron chi connectivity index (χ4n) is 1.36. The van der Waals surface area contributed by atoms with E-state index >= 15 is 0 Å². The minimum Gasteiger partial charge on any atom is -0.380 e. The number of nitrogens with zero attached hydrogens (tertiary/aromatic N) is 3. The molecule has 0 aliphatic carbocycles. The minimum atomic E-state index is 0.207. The molecule has 0 aliphatic heterocycles. The zero-order chi connectivity index (χ0) is 11.4. The molecule has 0 aliphatic rings. The minimum absolute atomic E-state index is 0.207. The normalized spacial score (nSPS) is 10.8. The van der Waals surface area contributed by atoms with E-state index in [9.17, 15) is 0 Å². The van der Waals surface area contributed by atoms with Crippen LogP contribution in [0.4, 0.5) is 11.8 Å². The van der Waals surface area contributed by atoms with Crippen LogP contribution in [0.2, 0.25) is 0 Å². The van der Waals surface area contributed by atoms with Crippen LogP contribution in [-0.4, -0.2) is 39.7 Å². The van der Waals surface area contributed by atoms with Gasteiger partial charge in [-0.05, 0) is 6.92 Å². The second kappa shape index (κ2) is 4.75. The van der Waals surface area contributed by atoms with Gasteiger partial charge in [0.05, 0.1) is 12.9 Å². The van der Waals surface area contributed by atoms with Crippen molar-refractivity contribution in [3.63, 3.8) is 0 Å². The number of H-pyrrole nitrogens is 1. The summed E-state index contributed by atoms with van der Waals surface area (Å²) in [7, 11) is 0. The molecule has 0 fully saturated rings. The van der Waals surface area contributed by atoms with Crippen LogP contribution in [0, 0.1) is 0 Å². The third kappa shape index (κ3) is 2.19. The van der Waals surface area contributed by atoms with Gasteiger partial charge in [-0.2, -0.15) is 9.97 Å². The van der Waals surface area contributed by atoms with Gasteiger partial charge in [0.2, 0.25) is 5.95 Å². The van der Waals surface area contributed by atoms with Crippen LogP contribution < -0.4 is 11.1 Å². The molecule has 0 atom stereocenters. The maximum atomic E-state index is 5.57. The van der Waals surface area contributed by atoms with Gasteiger partial charge in [0, 0.05) is 13.2 Å². The van der Waals surface area contributed by atoms with Crippen LogP contribution in [0.3, 0.4) is 0 Å². The predicted octanol–water partition coefficient (Wildman–Crippen LogP) is 0.383. The molecule has 2 heterocycles. The Bertz CT molecular complexity index is 468. The van der Waals surface area contributed by atoms with Gasteiger partial charge < -0.3 is 20.8 Å². The Kier molecular flexibility index (Phi) is 3.16. The van der Waals surface area contributed by atoms with E-state index in [1.807, 2.05) is 6.92 Å². The molecule has 0 aromatic carbocycles. The van der Waals surface area contributed by atoms with Gasteiger partial charge in [-0.3, -0.25) is 0 Å². The lowest BCUT2D eigenvalue weighted by atomic mass is 10.5. The molecule has 2 aromatic rings. The molecule has 4 N–H and O–H groups in total. The maximum absolute atomic E-state index is 5.57. The summed E-state index contributed by atoms with van der Waals surface area (Å²) in [6, 6.07) is 0. The Balaban J connectivity index is 2.12. The highest BCUT2D eigenvalue weighted by atomic mass is 16.5. The molecule has 16 heavy (non-hydrogen) atoms. The van der Waals surface area contributed by atoms with Crippen LogP contribution in [-0.2, 0) is 4.74 Å². The topological polar surface area (TPSA) is 102 Å². The lowest BCUT2D eigenvalue weighted by Gasteiger charge is -2.06. The van der Waals surface area contributed by atoms with Crippen LogP contribution in [0.15, 0.2) is 6.33 Å². The Morgan fingerprint density at radius 2 is 2.38 bits per heavy atom. The molecule has 0 radical (unpaired) electrons. The van der Waals surface area contributed by atoms with Crippen LogP contribution >= 0.6 is 0 Å². The van der Waals surface area contributed by atoms with E-state index in [-0.39, 0.29) is 5.95 Å². The number of hydrogen-bond donors (Lipinski definition) is 3. The largest absolute Gasteiger partial charge is 0.380 e. The van der Waals surface area contributed by atoms with E-state index in [1.165, 1.54) is 0 Å². The molecular weight excluding hydrogens is 208 g/mol. The number of rotatable bonds is 5. The number of anilines is 2. The lowest BCUT2D eigenvalue weighted by Crippen LogP contribution is -2.11. The molecule has 7 nitrogen and oxygen atoms in total. The molecule has 86 valence electrons. The van der Waals surface area contributed by atoms with Gasteiger partial charge in [-0.25, -0.2) is 4.98 Å². The Morgan fingerprint density at radius 1 is 1.50 bits per heavy atom. The highest BCUT2D eigenvalue weighted by molar-refractivity contribution is 5.83. The zero-order valence-corrected chi connectivity index (χ0v) is 9.03. The smallest absolute Gasteiger partial charge is 0.224 e. The van der Waals surface area contributed by atoms with Crippen LogP contribution in [0.1, 0.15) is 6.92 Å². The number of ether oxygens (including phenoxy) is 1. The fourth-order valence-corrected chi connectivity index (χ4v) is 1.36. The summed E-state index contributed by atoms with van der Waals surface area (Å²) in [6.07, 6.45) is 1.56. The number of nitrogens with one attached hydrogen (secondary N) is 2. The van der Waals surface area contributed by atoms with Crippen molar-refractivity contribution in [2.75, 3.05) is 30.8 Å². The first-order valence-corrected chi connectivity index (χ1v) is 5.09. The summed E-state index contributed by atoms with van der Waals surface area (Å²) in [5.74, 6) is 0.859. The molecule has 0 unspecified atom stereocenters. The average Bonchev–Trinajstić information content (AvgIpc) is 2.72. The standard InChI is InChI=1S/C9H14N6O/c1-2-16-4-3-11-7-6-8(13-5-12-6)15-9(10)14-7/h5H,2-4H2,1H3,(H4,10,11,12,13,14,15). The van der Waals surface area contributed by atoms with Crippen molar-refractivity contribution < 1.29 is 4.74 Å². The van der Waals surface area contributed by atoms with E-state index < -0.39 is 0 Å². The number of aromatic amines is 1. The van der Waals surface area contributed by atoms with Crippen molar-refractivity contribution in [1.82, 2.24) is 19.9 Å². The molecule has 0 spiro atoms. The van der Waals surface area contributed by atoms with Crippen molar-refractivity contribution in [3.8, 4) is 0 Å². The van der Waals surface area contributed by atoms with Gasteiger partial charge in [0.1, 0.15) is 5.52 Å². The summed E-state index contributed by atoms with van der Waals surface area (Å²) in [5, 5.41) is 3.12. The number of nitrogen functional groups attached to an aromatic ring is 1. The first kappa shape index (κ1) is 10.6. The molecule has 2 aromatic heterocycles. The van der Waals surface area contributed by atoms with Crippen molar-refractivity contribution in [2.45, 2.75) is 6.92 Å². The van der Waals surface area contributed by atoms with Crippen LogP contribution in [0.25, 0.3) is 11.2 Å². The van der Waals surface area contributed by atoms with Gasteiger partial charge >= 0.3 is 0 Å². The van der Waals surface area contributed by atoms with E-state index in [1.54, 1.807) is 6.33 Å². The molecule has 0 bridgehead atoms. The molecule has 7 heteroatoms. The van der Waals surface area contributed by atoms with E-state index in [4.69, 9.17) is 10.5 Å². The number of imidazole rings is 1. The van der Waals surface area contributed by atoms with Gasteiger partial charge in [-0.1, -0.05) is 0 Å². The van der Waals surface area contributed by atoms with Gasteiger partial charge in [0.15, 0.2) is 11.5 Å². The molecule has 2 rings (SSSR count). The third-order valence-electron chi connectivity index (χ3n) is 2.05. The quantitative estimate of drug-likeness (QED) is 0.632. The second-order valence-electron chi connectivity index (χ2n) is 3.16. The maximum Gasteiger partial charge on any atom is 0.224 e. The predicted molar refractivity (Wildman–Crippen MR) is 61.1 cm³/mol. The van der Waals surface area contributed by atoms with Crippen LogP contribution in [0.5, 0.6) is 0 Å². The first-order chi connectivity index (χ1) is 7.81. The summed E-state index contributed by atoms with van der Waals surface area (Å²) in [6.45, 7) is 3.94. The lowest BCUT2D eigenvalue weighted by molar-refractivity contribution is 0.158. The average molecular weight is 222 g/mol. The number of nitrogens with two attached hydrogens (primary N) is 1. The summed E-state index contributed by atoms with van der Waals surface area (Å²) >= 11 is 0. The first-order valence-electron chi connectivity index (χ1n) is 5.09. The van der Waals surface area contributed by atoms with E-state index in [0.29, 0.717) is 31.2 Å². The number of fused-ring (bicyclic) bond motifs is 1. The molecule has 0 saturated heterocycles. The second-order valence-corrected chi connectivity index (χ2v) is 3.16. The highest BCUT2D eigenvalue weighted by Gasteiger charge is 2.07. The Morgan fingerprint density at radius 3 is 3.19 bits per heavy atom. The summed E-state index contributed by atoms with van der Waals surface area (Å²) in [5.41, 5.74) is 6.88.